The molecule has 5 heteroatoms. The zero-order valence-corrected chi connectivity index (χ0v) is 7.97. The highest BCUT2D eigenvalue weighted by Gasteiger charge is 2.11. The van der Waals surface area contributed by atoms with Crippen molar-refractivity contribution in [2.24, 2.45) is 0 Å². The second-order valence-electron chi connectivity index (χ2n) is 2.51. The van der Waals surface area contributed by atoms with Crippen LogP contribution in [0.15, 0.2) is 18.2 Å². The summed E-state index contributed by atoms with van der Waals surface area (Å²) in [5, 5.41) is -0.0932. The summed E-state index contributed by atoms with van der Waals surface area (Å²) in [6.07, 6.45) is 0. The minimum Gasteiger partial charge on any atom is -0.390 e. The number of benzene rings is 1. The predicted octanol–water partition coefficient (Wildman–Crippen LogP) is 2.18. The summed E-state index contributed by atoms with van der Waals surface area (Å²) >= 11 is 5.40. The normalized spacial score (nSPS) is 9.64. The number of ether oxygens (including phenoxy) is 1. The van der Waals surface area contributed by atoms with Gasteiger partial charge in [-0.15, -0.1) is 0 Å². The Morgan fingerprint density at radius 2 is 2.07 bits per heavy atom. The van der Waals surface area contributed by atoms with Gasteiger partial charge in [-0.25, -0.2) is 9.18 Å². The largest absolute Gasteiger partial charge is 0.390 e. The van der Waals surface area contributed by atoms with Gasteiger partial charge < -0.3 is 4.74 Å². The van der Waals surface area contributed by atoms with E-state index in [1.165, 1.54) is 12.1 Å². The van der Waals surface area contributed by atoms with Crippen LogP contribution in [0.1, 0.15) is 17.3 Å². The van der Waals surface area contributed by atoms with Crippen LogP contribution in [-0.4, -0.2) is 11.9 Å². The van der Waals surface area contributed by atoms with E-state index in [4.69, 9.17) is 11.6 Å². The van der Waals surface area contributed by atoms with Crippen LogP contribution in [-0.2, 0) is 9.53 Å². The van der Waals surface area contributed by atoms with Crippen molar-refractivity contribution in [1.82, 2.24) is 0 Å². The van der Waals surface area contributed by atoms with E-state index in [9.17, 15) is 14.0 Å². The molecule has 14 heavy (non-hydrogen) atoms. The average Bonchev–Trinajstić information content (AvgIpc) is 2.08. The molecule has 1 rings (SSSR count). The van der Waals surface area contributed by atoms with Gasteiger partial charge in [0.1, 0.15) is 5.82 Å². The molecule has 0 amide bonds. The molecule has 0 radical (unpaired) electrons. The lowest BCUT2D eigenvalue weighted by Gasteiger charge is -2.00. The third kappa shape index (κ3) is 2.53. The van der Waals surface area contributed by atoms with E-state index in [1.54, 1.807) is 0 Å². The molecule has 0 N–H and O–H groups in total. The van der Waals surface area contributed by atoms with Crippen molar-refractivity contribution in [2.75, 3.05) is 0 Å². The summed E-state index contributed by atoms with van der Waals surface area (Å²) < 4.78 is 17.1. The number of carbonyl (C=O) groups excluding carboxylic acids is 2. The van der Waals surface area contributed by atoms with Gasteiger partial charge in [0, 0.05) is 6.92 Å². The lowest BCUT2D eigenvalue weighted by Crippen LogP contribution is -2.09. The number of rotatable bonds is 1. The first-order valence-corrected chi connectivity index (χ1v) is 4.06. The molecule has 0 saturated heterocycles. The maximum atomic E-state index is 12.9. The van der Waals surface area contributed by atoms with Gasteiger partial charge in [-0.3, -0.25) is 4.79 Å². The summed E-state index contributed by atoms with van der Waals surface area (Å²) in [6.45, 7) is 1.09. The van der Waals surface area contributed by atoms with E-state index in [2.05, 4.69) is 4.74 Å². The molecular formula is C9H6ClFO3. The summed E-state index contributed by atoms with van der Waals surface area (Å²) in [6, 6.07) is 3.40. The number of carbonyl (C=O) groups is 2. The highest BCUT2D eigenvalue weighted by Crippen LogP contribution is 2.16. The Morgan fingerprint density at radius 1 is 1.43 bits per heavy atom. The Bertz CT molecular complexity index is 390. The summed E-state index contributed by atoms with van der Waals surface area (Å²) in [5.74, 6) is -2.37. The molecule has 0 bridgehead atoms. The fourth-order valence-electron chi connectivity index (χ4n) is 0.813. The van der Waals surface area contributed by atoms with Crippen LogP contribution >= 0.6 is 11.6 Å². The van der Waals surface area contributed by atoms with Gasteiger partial charge in [0.05, 0.1) is 10.6 Å². The number of halogens is 2. The molecule has 0 aromatic heterocycles. The Morgan fingerprint density at radius 3 is 2.57 bits per heavy atom. The van der Waals surface area contributed by atoms with E-state index in [0.29, 0.717) is 0 Å². The molecular weight excluding hydrogens is 211 g/mol. The van der Waals surface area contributed by atoms with Crippen molar-refractivity contribution >= 4 is 23.5 Å². The standard InChI is InChI=1S/C9H6ClFO3/c1-5(12)14-9(13)6-2-3-7(10)8(11)4-6/h2-4H,1H3. The van der Waals surface area contributed by atoms with E-state index in [0.717, 1.165) is 13.0 Å². The van der Waals surface area contributed by atoms with Crippen LogP contribution in [0.2, 0.25) is 5.02 Å². The molecule has 0 unspecified atom stereocenters. The smallest absolute Gasteiger partial charge is 0.345 e. The average molecular weight is 217 g/mol. The second-order valence-corrected chi connectivity index (χ2v) is 2.92. The fourth-order valence-corrected chi connectivity index (χ4v) is 0.930. The van der Waals surface area contributed by atoms with Gasteiger partial charge in [-0.2, -0.15) is 0 Å². The van der Waals surface area contributed by atoms with Gasteiger partial charge in [0.15, 0.2) is 0 Å². The zero-order valence-electron chi connectivity index (χ0n) is 7.21. The Kier molecular flexibility index (Phi) is 3.19. The SMILES string of the molecule is CC(=O)OC(=O)c1ccc(Cl)c(F)c1. The summed E-state index contributed by atoms with van der Waals surface area (Å²) in [4.78, 5) is 21.5. The maximum Gasteiger partial charge on any atom is 0.345 e. The summed E-state index contributed by atoms with van der Waals surface area (Å²) in [5.41, 5.74) is -0.0536. The molecule has 3 nitrogen and oxygen atoms in total. The predicted molar refractivity (Wildman–Crippen MR) is 47.5 cm³/mol. The van der Waals surface area contributed by atoms with Crippen molar-refractivity contribution in [3.05, 3.63) is 34.6 Å². The Hall–Kier alpha value is -1.42. The Labute approximate surface area is 84.4 Å². The van der Waals surface area contributed by atoms with E-state index in [1.807, 2.05) is 0 Å². The van der Waals surface area contributed by atoms with Crippen molar-refractivity contribution < 1.29 is 18.7 Å². The first kappa shape index (κ1) is 10.7. The molecule has 0 atom stereocenters. The quantitative estimate of drug-likeness (QED) is 0.534. The summed E-state index contributed by atoms with van der Waals surface area (Å²) in [7, 11) is 0. The van der Waals surface area contributed by atoms with E-state index in [-0.39, 0.29) is 10.6 Å². The van der Waals surface area contributed by atoms with Gasteiger partial charge in [0.2, 0.25) is 0 Å². The molecule has 0 aliphatic carbocycles. The minimum atomic E-state index is -0.895. The monoisotopic (exact) mass is 216 g/mol. The van der Waals surface area contributed by atoms with E-state index >= 15 is 0 Å². The Balaban J connectivity index is 2.91. The van der Waals surface area contributed by atoms with Crippen molar-refractivity contribution in [2.45, 2.75) is 6.92 Å². The van der Waals surface area contributed by atoms with Gasteiger partial charge in [-0.1, -0.05) is 11.6 Å². The van der Waals surface area contributed by atoms with Gasteiger partial charge in [-0.05, 0) is 18.2 Å². The van der Waals surface area contributed by atoms with Gasteiger partial charge in [0.25, 0.3) is 0 Å². The van der Waals surface area contributed by atoms with Crippen molar-refractivity contribution in [3.63, 3.8) is 0 Å². The molecule has 0 saturated carbocycles. The van der Waals surface area contributed by atoms with Crippen LogP contribution in [0.3, 0.4) is 0 Å². The molecule has 74 valence electrons. The van der Waals surface area contributed by atoms with E-state index < -0.39 is 17.8 Å². The third-order valence-electron chi connectivity index (χ3n) is 1.39. The minimum absolute atomic E-state index is 0.0536. The molecule has 0 aliphatic heterocycles. The first-order valence-electron chi connectivity index (χ1n) is 3.68. The number of hydrogen-bond acceptors (Lipinski definition) is 3. The third-order valence-corrected chi connectivity index (χ3v) is 1.70. The van der Waals surface area contributed by atoms with Crippen molar-refractivity contribution in [3.8, 4) is 0 Å². The van der Waals surface area contributed by atoms with Gasteiger partial charge >= 0.3 is 11.9 Å². The van der Waals surface area contributed by atoms with Crippen LogP contribution in [0.4, 0.5) is 4.39 Å². The fraction of sp³-hybridized carbons (Fsp3) is 0.111. The number of hydrogen-bond donors (Lipinski definition) is 0. The lowest BCUT2D eigenvalue weighted by atomic mass is 10.2. The highest BCUT2D eigenvalue weighted by atomic mass is 35.5. The topological polar surface area (TPSA) is 43.4 Å². The number of esters is 2. The zero-order chi connectivity index (χ0) is 10.7. The van der Waals surface area contributed by atoms with Crippen LogP contribution in [0.25, 0.3) is 0 Å². The second kappa shape index (κ2) is 4.19. The van der Waals surface area contributed by atoms with Crippen LogP contribution < -0.4 is 0 Å². The van der Waals surface area contributed by atoms with Crippen LogP contribution in [0.5, 0.6) is 0 Å². The van der Waals surface area contributed by atoms with Crippen molar-refractivity contribution in [1.29, 1.82) is 0 Å². The molecule has 0 aliphatic rings. The molecule has 0 spiro atoms. The maximum absolute atomic E-state index is 12.9. The molecule has 1 aromatic rings. The molecule has 0 heterocycles. The lowest BCUT2D eigenvalue weighted by molar-refractivity contribution is -0.135. The highest BCUT2D eigenvalue weighted by molar-refractivity contribution is 6.30. The van der Waals surface area contributed by atoms with Crippen LogP contribution in [0, 0.1) is 5.82 Å². The first-order chi connectivity index (χ1) is 6.50. The molecule has 0 fully saturated rings. The molecule has 1 aromatic carbocycles.